The normalized spacial score (nSPS) is 65.9. The second-order valence-corrected chi connectivity index (χ2v) is 8.07. The van der Waals surface area contributed by atoms with E-state index >= 15 is 0 Å². The van der Waals surface area contributed by atoms with Gasteiger partial charge in [0, 0.05) is 10.5 Å². The minimum absolute atomic E-state index is 0.0543. The van der Waals surface area contributed by atoms with Crippen LogP contribution in [0.5, 0.6) is 0 Å². The lowest BCUT2D eigenvalue weighted by atomic mass is 9.47. The summed E-state index contributed by atoms with van der Waals surface area (Å²) in [5.74, 6) is -0.304. The van der Waals surface area contributed by atoms with Gasteiger partial charge in [-0.1, -0.05) is 13.8 Å². The van der Waals surface area contributed by atoms with E-state index in [2.05, 4.69) is 0 Å². The summed E-state index contributed by atoms with van der Waals surface area (Å²) < 4.78 is 33.5. The molecule has 0 aromatic carbocycles. The summed E-state index contributed by atoms with van der Waals surface area (Å²) in [4.78, 5) is 12.0. The lowest BCUT2D eigenvalue weighted by Gasteiger charge is -2.58. The zero-order valence-electron chi connectivity index (χ0n) is 17.3. The molecule has 0 aromatic rings. The average Bonchev–Trinajstić information content (AvgIpc) is 2.66. The van der Waals surface area contributed by atoms with Crippen molar-refractivity contribution in [3.63, 3.8) is 0 Å². The van der Waals surface area contributed by atoms with Crippen LogP contribution >= 0.6 is 0 Å². The Bertz CT molecular complexity index is 690. The largest absolute Gasteiger partial charge is 0.393 e. The van der Waals surface area contributed by atoms with Crippen LogP contribution in [0.3, 0.4) is 0 Å². The van der Waals surface area contributed by atoms with Crippen molar-refractivity contribution in [3.05, 3.63) is 11.6 Å². The Kier molecular flexibility index (Phi) is 2.33. The number of fused-ring (bicyclic) bond motifs is 5. The van der Waals surface area contributed by atoms with Gasteiger partial charge in [0.25, 0.3) is 0 Å². The molecule has 4 rings (SSSR count). The molecule has 3 nitrogen and oxygen atoms in total. The van der Waals surface area contributed by atoms with Crippen LogP contribution in [0, 0.1) is 28.6 Å². The number of carbonyl (C=O) groups is 1. The predicted molar refractivity (Wildman–Crippen MR) is 84.1 cm³/mol. The van der Waals surface area contributed by atoms with Gasteiger partial charge in [0.15, 0.2) is 5.78 Å². The molecule has 0 spiro atoms. The number of aliphatic hydroxyl groups is 2. The quantitative estimate of drug-likeness (QED) is 0.723. The van der Waals surface area contributed by atoms with Gasteiger partial charge in [-0.05, 0) is 78.7 Å². The Hall–Kier alpha value is -0.670. The summed E-state index contributed by atoms with van der Waals surface area (Å²) in [6.45, 7) is 3.79. The minimum atomic E-state index is -2.15. The zero-order valence-corrected chi connectivity index (χ0v) is 13.3. The molecule has 0 amide bonds. The summed E-state index contributed by atoms with van der Waals surface area (Å²) in [7, 11) is 0. The fraction of sp³-hybridized carbons (Fsp3) is 0.842. The van der Waals surface area contributed by atoms with E-state index in [0.29, 0.717) is 24.8 Å². The van der Waals surface area contributed by atoms with E-state index in [4.69, 9.17) is 5.48 Å². The number of hydrogen-bond donors (Lipinski definition) is 2. The van der Waals surface area contributed by atoms with Crippen molar-refractivity contribution in [2.24, 2.45) is 28.6 Å². The van der Waals surface area contributed by atoms with Crippen molar-refractivity contribution < 1.29 is 20.5 Å². The van der Waals surface area contributed by atoms with Crippen LogP contribution in [0.2, 0.25) is 0 Å². The Balaban J connectivity index is 1.79. The van der Waals surface area contributed by atoms with Gasteiger partial charge >= 0.3 is 0 Å². The molecule has 2 N–H and O–H groups in total. The van der Waals surface area contributed by atoms with Crippen LogP contribution in [-0.2, 0) is 4.79 Å². The lowest BCUT2D eigenvalue weighted by Crippen LogP contribution is -2.54. The predicted octanol–water partition coefficient (Wildman–Crippen LogP) is 2.85. The van der Waals surface area contributed by atoms with Crippen LogP contribution in [0.1, 0.15) is 64.2 Å². The molecule has 0 bridgehead atoms. The molecular weight excluding hydrogens is 276 g/mol. The molecular formula is C19H28O3. The average molecular weight is 308 g/mol. The Morgan fingerprint density at radius 3 is 2.86 bits per heavy atom. The highest BCUT2D eigenvalue weighted by molar-refractivity contribution is 5.91. The van der Waals surface area contributed by atoms with Crippen LogP contribution < -0.4 is 0 Å². The Morgan fingerprint density at radius 1 is 1.32 bits per heavy atom. The SMILES string of the molecule is [2H][C@H]1CC(=O)C=C2[C@H](O)C[C@@H]3[C@H](CC[C@@]4(C)[C@H]3CC([2H])([2H])[C@]4([2H])O)[C@]21C. The van der Waals surface area contributed by atoms with Crippen molar-refractivity contribution in [1.82, 2.24) is 0 Å². The molecule has 3 heteroatoms. The van der Waals surface area contributed by atoms with E-state index in [-0.39, 0.29) is 36.4 Å². The molecule has 0 aromatic heterocycles. The summed E-state index contributed by atoms with van der Waals surface area (Å²) in [6.07, 6.45) is -2.16. The molecule has 122 valence electrons. The second kappa shape index (κ2) is 4.67. The third kappa shape index (κ3) is 1.78. The first-order chi connectivity index (χ1) is 11.9. The number of hydrogen-bond acceptors (Lipinski definition) is 3. The van der Waals surface area contributed by atoms with Gasteiger partial charge in [-0.3, -0.25) is 4.79 Å². The van der Waals surface area contributed by atoms with Gasteiger partial charge in [-0.2, -0.15) is 0 Å². The lowest BCUT2D eigenvalue weighted by molar-refractivity contribution is -0.120. The smallest absolute Gasteiger partial charge is 0.155 e. The maximum Gasteiger partial charge on any atom is 0.155 e. The highest BCUT2D eigenvalue weighted by atomic mass is 16.3. The molecule has 4 aliphatic rings. The Morgan fingerprint density at radius 2 is 2.09 bits per heavy atom. The highest BCUT2D eigenvalue weighted by Gasteiger charge is 2.60. The molecule has 3 saturated carbocycles. The van der Waals surface area contributed by atoms with Crippen molar-refractivity contribution in [2.45, 2.75) is 70.9 Å². The van der Waals surface area contributed by atoms with E-state index in [1.54, 1.807) is 0 Å². The fourth-order valence-electron chi connectivity index (χ4n) is 5.78. The number of aliphatic hydroxyl groups excluding tert-OH is 1. The number of rotatable bonds is 0. The maximum atomic E-state index is 12.0. The first-order valence-electron chi connectivity index (χ1n) is 10.5. The van der Waals surface area contributed by atoms with Crippen LogP contribution in [0.4, 0.5) is 0 Å². The van der Waals surface area contributed by atoms with Gasteiger partial charge in [-0.25, -0.2) is 0 Å². The zero-order chi connectivity index (χ0) is 19.3. The van der Waals surface area contributed by atoms with Crippen molar-refractivity contribution in [3.8, 4) is 0 Å². The third-order valence-corrected chi connectivity index (χ3v) is 7.15. The second-order valence-electron chi connectivity index (χ2n) is 8.07. The molecule has 4 aliphatic carbocycles. The van der Waals surface area contributed by atoms with Gasteiger partial charge in [-0.15, -0.1) is 0 Å². The van der Waals surface area contributed by atoms with E-state index in [1.807, 2.05) is 13.8 Å². The highest BCUT2D eigenvalue weighted by Crippen LogP contribution is 2.65. The maximum absolute atomic E-state index is 12.0. The van der Waals surface area contributed by atoms with Gasteiger partial charge in [0.2, 0.25) is 0 Å². The van der Waals surface area contributed by atoms with E-state index in [0.717, 1.165) is 0 Å². The molecule has 0 radical (unpaired) electrons. The van der Waals surface area contributed by atoms with Crippen LogP contribution in [0.15, 0.2) is 11.6 Å². The Labute approximate surface area is 138 Å². The molecule has 8 atom stereocenters. The molecule has 3 fully saturated rings. The number of ketones is 1. The molecule has 22 heavy (non-hydrogen) atoms. The van der Waals surface area contributed by atoms with Crippen LogP contribution in [-0.4, -0.2) is 28.2 Å². The van der Waals surface area contributed by atoms with E-state index < -0.39 is 35.8 Å². The third-order valence-electron chi connectivity index (χ3n) is 7.15. The van der Waals surface area contributed by atoms with E-state index in [1.165, 1.54) is 6.08 Å². The first-order valence-corrected chi connectivity index (χ1v) is 8.44. The summed E-state index contributed by atoms with van der Waals surface area (Å²) in [5.41, 5.74) is -0.801. The van der Waals surface area contributed by atoms with Gasteiger partial charge in [0.1, 0.15) is 0 Å². The molecule has 0 saturated heterocycles. The first kappa shape index (κ1) is 11.0. The summed E-state index contributed by atoms with van der Waals surface area (Å²) in [5, 5.41) is 21.6. The van der Waals surface area contributed by atoms with Crippen molar-refractivity contribution >= 4 is 5.78 Å². The fourth-order valence-corrected chi connectivity index (χ4v) is 5.78. The van der Waals surface area contributed by atoms with Gasteiger partial charge < -0.3 is 10.2 Å². The monoisotopic (exact) mass is 308 g/mol. The topological polar surface area (TPSA) is 57.5 Å². The summed E-state index contributed by atoms with van der Waals surface area (Å²) in [6, 6.07) is 0. The van der Waals surface area contributed by atoms with Crippen molar-refractivity contribution in [1.29, 1.82) is 0 Å². The standard InChI is InChI=1S/C19H28O3/c1-18-7-5-11(20)9-15(18)16(21)10-12-13-3-4-17(22)19(13,2)8-6-14(12)18/h9,12-14,16-17,21-22H,3-8,10H2,1-2H3/t12-,13-,14-,16+,17-,18+,19-/m0/s1/i4D2,7D,17D/t7-,12-,13-,14-,16+,17-,18+,19-. The number of carbonyl (C=O) groups excluding carboxylic acids is 1. The molecule has 0 unspecified atom stereocenters. The molecule has 0 heterocycles. The van der Waals surface area contributed by atoms with Crippen molar-refractivity contribution in [2.75, 3.05) is 0 Å². The van der Waals surface area contributed by atoms with Crippen LogP contribution in [0.25, 0.3) is 0 Å². The molecule has 0 aliphatic heterocycles. The van der Waals surface area contributed by atoms with E-state index in [9.17, 15) is 15.0 Å². The summed E-state index contributed by atoms with van der Waals surface area (Å²) >= 11 is 0. The van der Waals surface area contributed by atoms with Gasteiger partial charge in [0.05, 0.1) is 13.6 Å². The minimum Gasteiger partial charge on any atom is -0.393 e.